The predicted molar refractivity (Wildman–Crippen MR) is 64.7 cm³/mol. The molecule has 0 radical (unpaired) electrons. The molecule has 17 heavy (non-hydrogen) atoms. The first kappa shape index (κ1) is 11.5. The summed E-state index contributed by atoms with van der Waals surface area (Å²) in [7, 11) is 0. The first-order chi connectivity index (χ1) is 8.25. The molecular formula is C11H11N3O2S. The van der Waals surface area contributed by atoms with Crippen LogP contribution in [-0.4, -0.2) is 15.7 Å². The van der Waals surface area contributed by atoms with Gasteiger partial charge in [0.2, 0.25) is 5.91 Å². The summed E-state index contributed by atoms with van der Waals surface area (Å²) in [6.07, 6.45) is 1.48. The van der Waals surface area contributed by atoms with Crippen molar-refractivity contribution in [2.24, 2.45) is 0 Å². The van der Waals surface area contributed by atoms with Gasteiger partial charge < -0.3 is 5.32 Å². The molecule has 5 nitrogen and oxygen atoms in total. The second-order valence-corrected chi connectivity index (χ2v) is 4.41. The molecule has 0 unspecified atom stereocenters. The molecule has 2 aromatic rings. The van der Waals surface area contributed by atoms with Crippen molar-refractivity contribution in [3.05, 3.63) is 51.1 Å². The van der Waals surface area contributed by atoms with Crippen molar-refractivity contribution in [1.82, 2.24) is 15.1 Å². The van der Waals surface area contributed by atoms with Crippen molar-refractivity contribution in [1.29, 1.82) is 0 Å². The van der Waals surface area contributed by atoms with Crippen molar-refractivity contribution < 1.29 is 4.79 Å². The van der Waals surface area contributed by atoms with Gasteiger partial charge in [-0.25, -0.2) is 4.68 Å². The fourth-order valence-corrected chi connectivity index (χ4v) is 1.94. The van der Waals surface area contributed by atoms with Gasteiger partial charge in [0.05, 0.1) is 6.54 Å². The minimum Gasteiger partial charge on any atom is -0.350 e. The molecule has 88 valence electrons. The molecule has 2 heterocycles. The lowest BCUT2D eigenvalue weighted by Crippen LogP contribution is -2.32. The first-order valence-electron chi connectivity index (χ1n) is 5.07. The number of thiophene rings is 1. The third-order valence-corrected chi connectivity index (χ3v) is 2.99. The van der Waals surface area contributed by atoms with Gasteiger partial charge in [-0.05, 0) is 17.5 Å². The number of hydrogen-bond donors (Lipinski definition) is 1. The van der Waals surface area contributed by atoms with Crippen LogP contribution in [0.5, 0.6) is 0 Å². The van der Waals surface area contributed by atoms with Crippen LogP contribution in [0.15, 0.2) is 40.6 Å². The normalized spacial score (nSPS) is 10.1. The Morgan fingerprint density at radius 1 is 1.41 bits per heavy atom. The second-order valence-electron chi connectivity index (χ2n) is 3.38. The van der Waals surface area contributed by atoms with E-state index < -0.39 is 0 Å². The third kappa shape index (κ3) is 3.25. The lowest BCUT2D eigenvalue weighted by molar-refractivity contribution is -0.122. The van der Waals surface area contributed by atoms with E-state index in [1.54, 1.807) is 17.4 Å². The number of carbonyl (C=O) groups excluding carboxylic acids is 1. The highest BCUT2D eigenvalue weighted by Crippen LogP contribution is 2.07. The molecule has 0 spiro atoms. The van der Waals surface area contributed by atoms with Gasteiger partial charge in [0.15, 0.2) is 0 Å². The monoisotopic (exact) mass is 249 g/mol. The zero-order valence-electron chi connectivity index (χ0n) is 9.00. The van der Waals surface area contributed by atoms with E-state index in [1.807, 2.05) is 17.5 Å². The van der Waals surface area contributed by atoms with Crippen LogP contribution in [0.3, 0.4) is 0 Å². The first-order valence-corrected chi connectivity index (χ1v) is 5.95. The van der Waals surface area contributed by atoms with E-state index >= 15 is 0 Å². The largest absolute Gasteiger partial charge is 0.350 e. The van der Waals surface area contributed by atoms with E-state index in [0.717, 1.165) is 9.56 Å². The van der Waals surface area contributed by atoms with Crippen LogP contribution < -0.4 is 10.9 Å². The molecule has 0 atom stereocenters. The van der Waals surface area contributed by atoms with Crippen molar-refractivity contribution in [2.45, 2.75) is 13.1 Å². The Bertz CT molecular complexity index is 548. The van der Waals surface area contributed by atoms with Gasteiger partial charge in [-0.3, -0.25) is 9.59 Å². The number of amides is 1. The Hall–Kier alpha value is -1.95. The Labute approximate surface area is 102 Å². The van der Waals surface area contributed by atoms with E-state index in [1.165, 1.54) is 12.3 Å². The molecule has 0 aliphatic heterocycles. The summed E-state index contributed by atoms with van der Waals surface area (Å²) in [6.45, 7) is 0.434. The van der Waals surface area contributed by atoms with Gasteiger partial charge in [-0.1, -0.05) is 6.07 Å². The zero-order chi connectivity index (χ0) is 12.1. The van der Waals surface area contributed by atoms with E-state index in [4.69, 9.17) is 0 Å². The van der Waals surface area contributed by atoms with Gasteiger partial charge in [0.25, 0.3) is 5.56 Å². The molecule has 0 fully saturated rings. The average molecular weight is 249 g/mol. The fourth-order valence-electron chi connectivity index (χ4n) is 1.30. The predicted octanol–water partition coefficient (Wildman–Crippen LogP) is 0.621. The maximum Gasteiger partial charge on any atom is 0.267 e. The molecule has 1 amide bonds. The molecule has 1 N–H and O–H groups in total. The van der Waals surface area contributed by atoms with E-state index in [9.17, 15) is 9.59 Å². The highest BCUT2D eigenvalue weighted by molar-refractivity contribution is 7.09. The summed E-state index contributed by atoms with van der Waals surface area (Å²) >= 11 is 1.58. The summed E-state index contributed by atoms with van der Waals surface area (Å²) in [5.41, 5.74) is -0.279. The van der Waals surface area contributed by atoms with Gasteiger partial charge >= 0.3 is 0 Å². The summed E-state index contributed by atoms with van der Waals surface area (Å²) in [5.74, 6) is -0.223. The van der Waals surface area contributed by atoms with Gasteiger partial charge in [-0.2, -0.15) is 5.10 Å². The Kier molecular flexibility index (Phi) is 3.66. The van der Waals surface area contributed by atoms with Crippen LogP contribution in [0.2, 0.25) is 0 Å². The Morgan fingerprint density at radius 2 is 2.29 bits per heavy atom. The number of nitrogens with zero attached hydrogens (tertiary/aromatic N) is 2. The Balaban J connectivity index is 1.90. The summed E-state index contributed by atoms with van der Waals surface area (Å²) in [5, 5.41) is 8.49. The minimum atomic E-state index is -0.279. The van der Waals surface area contributed by atoms with Crippen LogP contribution in [0.4, 0.5) is 0 Å². The molecule has 0 bridgehead atoms. The van der Waals surface area contributed by atoms with E-state index in [2.05, 4.69) is 10.4 Å². The fraction of sp³-hybridized carbons (Fsp3) is 0.182. The lowest BCUT2D eigenvalue weighted by atomic mass is 10.4. The molecule has 0 saturated heterocycles. The molecule has 0 aliphatic rings. The smallest absolute Gasteiger partial charge is 0.267 e. The van der Waals surface area contributed by atoms with Crippen LogP contribution >= 0.6 is 11.3 Å². The SMILES string of the molecule is O=C(Cn1ncccc1=O)NCc1cccs1. The quantitative estimate of drug-likeness (QED) is 0.864. The molecule has 2 rings (SSSR count). The highest BCUT2D eigenvalue weighted by atomic mass is 32.1. The van der Waals surface area contributed by atoms with Gasteiger partial charge in [0, 0.05) is 17.1 Å². The maximum atomic E-state index is 11.6. The van der Waals surface area contributed by atoms with Crippen LogP contribution in [0.1, 0.15) is 4.88 Å². The van der Waals surface area contributed by atoms with Crippen LogP contribution in [-0.2, 0) is 17.9 Å². The van der Waals surface area contributed by atoms with Gasteiger partial charge in [-0.15, -0.1) is 11.3 Å². The summed E-state index contributed by atoms with van der Waals surface area (Å²) < 4.78 is 1.13. The lowest BCUT2D eigenvalue weighted by Gasteiger charge is -2.04. The third-order valence-electron chi connectivity index (χ3n) is 2.12. The summed E-state index contributed by atoms with van der Waals surface area (Å²) in [6, 6.07) is 6.79. The maximum absolute atomic E-state index is 11.6. The topological polar surface area (TPSA) is 64.0 Å². The molecule has 0 saturated carbocycles. The van der Waals surface area contributed by atoms with Crippen LogP contribution in [0.25, 0.3) is 0 Å². The molecule has 6 heteroatoms. The number of hydrogen-bond acceptors (Lipinski definition) is 4. The van der Waals surface area contributed by atoms with Crippen molar-refractivity contribution in [3.63, 3.8) is 0 Å². The molecule has 2 aromatic heterocycles. The zero-order valence-corrected chi connectivity index (χ0v) is 9.81. The molecule has 0 aliphatic carbocycles. The van der Waals surface area contributed by atoms with Crippen molar-refractivity contribution in [3.8, 4) is 0 Å². The van der Waals surface area contributed by atoms with Gasteiger partial charge in [0.1, 0.15) is 6.54 Å². The van der Waals surface area contributed by atoms with Crippen molar-refractivity contribution >= 4 is 17.2 Å². The second kappa shape index (κ2) is 5.40. The van der Waals surface area contributed by atoms with E-state index in [-0.39, 0.29) is 18.0 Å². The number of rotatable bonds is 4. The number of nitrogens with one attached hydrogen (secondary N) is 1. The number of aromatic nitrogens is 2. The number of carbonyl (C=O) groups is 1. The average Bonchev–Trinajstić information content (AvgIpc) is 2.82. The Morgan fingerprint density at radius 3 is 3.00 bits per heavy atom. The standard InChI is InChI=1S/C11H11N3O2S/c15-10(12-7-9-3-2-6-17-9)8-14-11(16)4-1-5-13-14/h1-6H,7-8H2,(H,12,15). The van der Waals surface area contributed by atoms with Crippen molar-refractivity contribution in [2.75, 3.05) is 0 Å². The minimum absolute atomic E-state index is 0.0505. The highest BCUT2D eigenvalue weighted by Gasteiger charge is 2.04. The molecule has 0 aromatic carbocycles. The van der Waals surface area contributed by atoms with E-state index in [0.29, 0.717) is 6.54 Å². The van der Waals surface area contributed by atoms with Crippen LogP contribution in [0, 0.1) is 0 Å². The summed E-state index contributed by atoms with van der Waals surface area (Å²) in [4.78, 5) is 23.9. The molecular weight excluding hydrogens is 238 g/mol.